The van der Waals surface area contributed by atoms with Crippen LogP contribution in [-0.2, 0) is 0 Å². The first kappa shape index (κ1) is 8.82. The lowest BCUT2D eigenvalue weighted by atomic mass is 10.2. The maximum absolute atomic E-state index is 8.78. The van der Waals surface area contributed by atoms with Gasteiger partial charge in [-0.2, -0.15) is 0 Å². The molecule has 5 heavy (non-hydrogen) atoms. The van der Waals surface area contributed by atoms with Crippen molar-refractivity contribution in [1.82, 2.24) is 6.15 Å². The van der Waals surface area contributed by atoms with E-state index in [4.69, 9.17) is 9.90 Å². The Balaban J connectivity index is 0. The molecule has 0 aliphatic carbocycles. The van der Waals surface area contributed by atoms with Crippen molar-refractivity contribution in [3.05, 3.63) is 0 Å². The van der Waals surface area contributed by atoms with Crippen LogP contribution in [0.3, 0.4) is 0 Å². The quantitative estimate of drug-likeness (QED) is 0.396. The number of hydrogen-bond acceptors (Lipinski definition) is 2. The first-order valence-electron chi connectivity index (χ1n) is 0.716. The van der Waals surface area contributed by atoms with Crippen molar-refractivity contribution in [2.75, 3.05) is 0 Å². The second-order valence-electron chi connectivity index (χ2n) is 0.338. The van der Waals surface area contributed by atoms with Gasteiger partial charge in [-0.05, 0) is 0 Å². The number of rotatable bonds is 0. The summed E-state index contributed by atoms with van der Waals surface area (Å²) in [6.07, 6.45) is 0. The van der Waals surface area contributed by atoms with Crippen LogP contribution in [0.5, 0.6) is 0 Å². The zero-order valence-electron chi connectivity index (χ0n) is 2.64. The minimum absolute atomic E-state index is 0. The highest BCUT2D eigenvalue weighted by Crippen LogP contribution is 1.41. The number of hydrogen-bond donors (Lipinski definition) is 2. The zero-order chi connectivity index (χ0) is 3.58. The van der Waals surface area contributed by atoms with Crippen LogP contribution in [0.4, 0.5) is 4.79 Å². The Bertz CT molecular complexity index is 32.6. The largest absolute Gasteiger partial charge is 0.490 e. The monoisotopic (exact) mass is 73.0 g/mol. The Morgan fingerprint density at radius 1 is 1.80 bits per heavy atom. The van der Waals surface area contributed by atoms with Crippen molar-refractivity contribution in [3.8, 4) is 0 Å². The third-order valence-corrected chi connectivity index (χ3v) is 0. The van der Waals surface area contributed by atoms with Crippen molar-refractivity contribution in [2.24, 2.45) is 0 Å². The van der Waals surface area contributed by atoms with E-state index in [1.807, 2.05) is 0 Å². The smallest absolute Gasteiger partial charge is 0.233 e. The molecule has 2 radical (unpaired) electrons. The summed E-state index contributed by atoms with van der Waals surface area (Å²) in [6, 6.07) is 0. The van der Waals surface area contributed by atoms with Gasteiger partial charge in [0.2, 0.25) is 13.7 Å². The van der Waals surface area contributed by atoms with Gasteiger partial charge >= 0.3 is 0 Å². The van der Waals surface area contributed by atoms with Crippen molar-refractivity contribution in [2.45, 2.75) is 0 Å². The van der Waals surface area contributed by atoms with Gasteiger partial charge in [0.25, 0.3) is 0 Å². The van der Waals surface area contributed by atoms with Crippen molar-refractivity contribution >= 4 is 13.7 Å². The molecule has 0 aromatic carbocycles. The van der Waals surface area contributed by atoms with Gasteiger partial charge in [0, 0.05) is 0 Å². The van der Waals surface area contributed by atoms with Gasteiger partial charge in [-0.3, -0.25) is 4.79 Å². The Kier molecular flexibility index (Phi) is 6.17. The van der Waals surface area contributed by atoms with Crippen LogP contribution >= 0.6 is 0 Å². The van der Waals surface area contributed by atoms with Crippen molar-refractivity contribution in [3.63, 3.8) is 0 Å². The molecule has 3 nitrogen and oxygen atoms in total. The number of carboxylic acid groups (broad SMARTS) is 1. The van der Waals surface area contributed by atoms with Crippen LogP contribution in [-0.4, -0.2) is 18.8 Å². The van der Waals surface area contributed by atoms with E-state index >= 15 is 0 Å². The van der Waals surface area contributed by atoms with Crippen LogP contribution in [0.2, 0.25) is 0 Å². The third kappa shape index (κ3) is 30.6. The minimum atomic E-state index is -1.33. The Labute approximate surface area is 31.0 Å². The van der Waals surface area contributed by atoms with E-state index in [-0.39, 0.29) is 6.15 Å². The lowest BCUT2D eigenvalue weighted by Gasteiger charge is -1.59. The molecule has 0 saturated heterocycles. The standard InChI is InChI=1S/CHBO2.H3N/c2-1(3)4;/h(H,3,4);1H3. The second kappa shape index (κ2) is 3.49. The molecule has 0 spiro atoms. The molecule has 0 unspecified atom stereocenters. The highest BCUT2D eigenvalue weighted by Gasteiger charge is 1.66. The van der Waals surface area contributed by atoms with Gasteiger partial charge in [-0.15, -0.1) is 0 Å². The van der Waals surface area contributed by atoms with Gasteiger partial charge in [-0.1, -0.05) is 0 Å². The zero-order valence-corrected chi connectivity index (χ0v) is 2.64. The molecule has 0 heterocycles. The summed E-state index contributed by atoms with van der Waals surface area (Å²) in [6.45, 7) is 0. The molecule has 0 aromatic heterocycles. The fourth-order valence-electron chi connectivity index (χ4n) is 0. The van der Waals surface area contributed by atoms with Crippen molar-refractivity contribution in [1.29, 1.82) is 0 Å². The van der Waals surface area contributed by atoms with Gasteiger partial charge in [0.15, 0.2) is 0 Å². The van der Waals surface area contributed by atoms with Crippen LogP contribution in [0.15, 0.2) is 0 Å². The summed E-state index contributed by atoms with van der Waals surface area (Å²) in [4.78, 5) is 8.78. The average molecular weight is 72.9 g/mol. The van der Waals surface area contributed by atoms with Crippen LogP contribution < -0.4 is 6.15 Å². The fraction of sp³-hybridized carbons (Fsp3) is 0. The summed E-state index contributed by atoms with van der Waals surface area (Å²) in [5.41, 5.74) is 0. The predicted octanol–water partition coefficient (Wildman–Crippen LogP) is -0.00510. The predicted molar refractivity (Wildman–Crippen MR) is 18.8 cm³/mol. The molecule has 4 heteroatoms. The fourth-order valence-corrected chi connectivity index (χ4v) is 0. The summed E-state index contributed by atoms with van der Waals surface area (Å²) in [5, 5.41) is 7.19. The van der Waals surface area contributed by atoms with Crippen molar-refractivity contribution < 1.29 is 9.90 Å². The molecule has 0 atom stereocenters. The summed E-state index contributed by atoms with van der Waals surface area (Å²) in [7, 11) is 4.03. The highest BCUT2D eigenvalue weighted by molar-refractivity contribution is 6.54. The summed E-state index contributed by atoms with van der Waals surface area (Å²) >= 11 is 0. The van der Waals surface area contributed by atoms with Crippen LogP contribution in [0.1, 0.15) is 0 Å². The molecule has 0 aromatic rings. The molecule has 0 fully saturated rings. The lowest BCUT2D eigenvalue weighted by Crippen LogP contribution is -1.83. The molecular formula is CH4BNO2. The molecule has 28 valence electrons. The maximum Gasteiger partial charge on any atom is 0.233 e. The maximum atomic E-state index is 8.78. The molecule has 0 amide bonds. The first-order chi connectivity index (χ1) is 1.73. The molecule has 0 bridgehead atoms. The average Bonchev–Trinajstić information content (AvgIpc) is 0.811. The Hall–Kier alpha value is -0.505. The van der Waals surface area contributed by atoms with E-state index in [1.165, 1.54) is 0 Å². The molecule has 0 aliphatic rings. The van der Waals surface area contributed by atoms with Gasteiger partial charge in [-0.25, -0.2) is 0 Å². The lowest BCUT2D eigenvalue weighted by molar-refractivity contribution is 0.220. The second-order valence-corrected chi connectivity index (χ2v) is 0.338. The summed E-state index contributed by atoms with van der Waals surface area (Å²) < 4.78 is 0. The highest BCUT2D eigenvalue weighted by atomic mass is 16.4. The molecule has 0 saturated carbocycles. The molecular weight excluding hydrogens is 68.8 g/mol. The van der Waals surface area contributed by atoms with E-state index < -0.39 is 5.87 Å². The molecule has 0 aliphatic heterocycles. The minimum Gasteiger partial charge on any atom is -0.490 e. The Morgan fingerprint density at radius 2 is 1.80 bits per heavy atom. The normalized spacial score (nSPS) is 4.80. The SMILES string of the molecule is N.[B]C(=O)O. The third-order valence-electron chi connectivity index (χ3n) is 0. The van der Waals surface area contributed by atoms with E-state index in [0.717, 1.165) is 0 Å². The first-order valence-corrected chi connectivity index (χ1v) is 0.716. The van der Waals surface area contributed by atoms with E-state index in [1.54, 1.807) is 0 Å². The summed E-state index contributed by atoms with van der Waals surface area (Å²) in [5.74, 6) is -1.33. The van der Waals surface area contributed by atoms with Crippen LogP contribution in [0.25, 0.3) is 0 Å². The molecule has 0 rings (SSSR count). The van der Waals surface area contributed by atoms with E-state index in [0.29, 0.717) is 0 Å². The molecule has 4 N–H and O–H groups in total. The van der Waals surface area contributed by atoms with E-state index in [9.17, 15) is 0 Å². The number of carbonyl (C=O) groups is 1. The van der Waals surface area contributed by atoms with Gasteiger partial charge in [0.1, 0.15) is 0 Å². The van der Waals surface area contributed by atoms with E-state index in [2.05, 4.69) is 7.85 Å². The van der Waals surface area contributed by atoms with Gasteiger partial charge < -0.3 is 11.3 Å². The topological polar surface area (TPSA) is 72.3 Å². The van der Waals surface area contributed by atoms with Gasteiger partial charge in [0.05, 0.1) is 0 Å². The Morgan fingerprint density at radius 3 is 1.80 bits per heavy atom. The van der Waals surface area contributed by atoms with Crippen LogP contribution in [0, 0.1) is 0 Å².